The standard InChI is InChI=1S/C11H17NOS/c1-8(2)14(13)7-10-5-4-6-11(12)9(10)3/h4-6,8H,7,12H2,1-3H3. The van der Waals surface area contributed by atoms with Gasteiger partial charge in [0, 0.05) is 27.5 Å². The van der Waals surface area contributed by atoms with E-state index in [-0.39, 0.29) is 5.25 Å². The van der Waals surface area contributed by atoms with E-state index in [9.17, 15) is 4.21 Å². The second-order valence-electron chi connectivity index (χ2n) is 3.71. The first-order chi connectivity index (χ1) is 6.52. The first-order valence-corrected chi connectivity index (χ1v) is 6.11. The summed E-state index contributed by atoms with van der Waals surface area (Å²) in [6.45, 7) is 5.91. The van der Waals surface area contributed by atoms with Crippen molar-refractivity contribution in [3.8, 4) is 0 Å². The fourth-order valence-corrected chi connectivity index (χ4v) is 2.13. The molecule has 1 aromatic rings. The van der Waals surface area contributed by atoms with E-state index in [1.807, 2.05) is 39.0 Å². The Balaban J connectivity index is 2.87. The molecule has 1 aromatic carbocycles. The van der Waals surface area contributed by atoms with Gasteiger partial charge >= 0.3 is 0 Å². The number of nitrogen functional groups attached to an aromatic ring is 1. The van der Waals surface area contributed by atoms with Crippen LogP contribution in [0.25, 0.3) is 0 Å². The SMILES string of the molecule is Cc1c(N)cccc1CS(=O)C(C)C. The monoisotopic (exact) mass is 211 g/mol. The maximum absolute atomic E-state index is 11.6. The van der Waals surface area contributed by atoms with Crippen LogP contribution in [0.15, 0.2) is 18.2 Å². The van der Waals surface area contributed by atoms with E-state index in [0.717, 1.165) is 16.8 Å². The predicted molar refractivity (Wildman–Crippen MR) is 62.6 cm³/mol. The lowest BCUT2D eigenvalue weighted by atomic mass is 10.1. The van der Waals surface area contributed by atoms with E-state index in [1.54, 1.807) is 0 Å². The van der Waals surface area contributed by atoms with Gasteiger partial charge in [-0.1, -0.05) is 26.0 Å². The highest BCUT2D eigenvalue weighted by Gasteiger charge is 2.08. The molecule has 0 aliphatic heterocycles. The van der Waals surface area contributed by atoms with E-state index < -0.39 is 10.8 Å². The molecular weight excluding hydrogens is 194 g/mol. The zero-order chi connectivity index (χ0) is 10.7. The molecule has 0 amide bonds. The number of anilines is 1. The minimum absolute atomic E-state index is 0.204. The maximum Gasteiger partial charge on any atom is 0.0491 e. The third-order valence-corrected chi connectivity index (χ3v) is 3.96. The van der Waals surface area contributed by atoms with E-state index in [0.29, 0.717) is 5.75 Å². The Morgan fingerprint density at radius 1 is 1.43 bits per heavy atom. The lowest BCUT2D eigenvalue weighted by Gasteiger charge is -2.09. The van der Waals surface area contributed by atoms with Crippen molar-refractivity contribution in [2.24, 2.45) is 0 Å². The Morgan fingerprint density at radius 3 is 2.64 bits per heavy atom. The average molecular weight is 211 g/mol. The zero-order valence-electron chi connectivity index (χ0n) is 8.91. The van der Waals surface area contributed by atoms with Gasteiger partial charge in [0.05, 0.1) is 0 Å². The number of hydrogen-bond donors (Lipinski definition) is 1. The molecule has 78 valence electrons. The molecule has 2 nitrogen and oxygen atoms in total. The summed E-state index contributed by atoms with van der Waals surface area (Å²) in [6, 6.07) is 5.78. The minimum Gasteiger partial charge on any atom is -0.399 e. The zero-order valence-corrected chi connectivity index (χ0v) is 9.73. The highest BCUT2D eigenvalue weighted by Crippen LogP contribution is 2.17. The first-order valence-electron chi connectivity index (χ1n) is 4.73. The van der Waals surface area contributed by atoms with Gasteiger partial charge in [-0.15, -0.1) is 0 Å². The summed E-state index contributed by atoms with van der Waals surface area (Å²) in [7, 11) is -0.797. The fraction of sp³-hybridized carbons (Fsp3) is 0.455. The molecule has 1 atom stereocenters. The summed E-state index contributed by atoms with van der Waals surface area (Å²) in [5.41, 5.74) is 8.71. The summed E-state index contributed by atoms with van der Waals surface area (Å²) in [6.07, 6.45) is 0. The smallest absolute Gasteiger partial charge is 0.0491 e. The van der Waals surface area contributed by atoms with Crippen molar-refractivity contribution in [1.82, 2.24) is 0 Å². The van der Waals surface area contributed by atoms with Gasteiger partial charge in [-0.05, 0) is 24.1 Å². The second kappa shape index (κ2) is 4.60. The van der Waals surface area contributed by atoms with E-state index >= 15 is 0 Å². The van der Waals surface area contributed by atoms with Crippen LogP contribution in [-0.2, 0) is 16.6 Å². The number of nitrogens with two attached hydrogens (primary N) is 1. The van der Waals surface area contributed by atoms with Gasteiger partial charge in [0.1, 0.15) is 0 Å². The quantitative estimate of drug-likeness (QED) is 0.779. The van der Waals surface area contributed by atoms with Gasteiger partial charge in [0.25, 0.3) is 0 Å². The summed E-state index contributed by atoms with van der Waals surface area (Å²) in [5, 5.41) is 0.204. The van der Waals surface area contributed by atoms with Gasteiger partial charge in [-0.25, -0.2) is 0 Å². The molecule has 0 heterocycles. The Labute approximate surface area is 88.0 Å². The minimum atomic E-state index is -0.797. The molecule has 14 heavy (non-hydrogen) atoms. The lowest BCUT2D eigenvalue weighted by Crippen LogP contribution is -2.09. The van der Waals surface area contributed by atoms with E-state index in [1.165, 1.54) is 0 Å². The Morgan fingerprint density at radius 2 is 2.07 bits per heavy atom. The van der Waals surface area contributed by atoms with Crippen molar-refractivity contribution >= 4 is 16.5 Å². The van der Waals surface area contributed by atoms with E-state index in [2.05, 4.69) is 0 Å². The normalized spacial score (nSPS) is 13.1. The van der Waals surface area contributed by atoms with Crippen LogP contribution in [-0.4, -0.2) is 9.46 Å². The molecule has 1 unspecified atom stereocenters. The molecule has 0 saturated carbocycles. The van der Waals surface area contributed by atoms with Crippen molar-refractivity contribution in [2.45, 2.75) is 31.8 Å². The predicted octanol–water partition coefficient (Wildman–Crippen LogP) is 2.23. The molecule has 0 saturated heterocycles. The van der Waals surface area contributed by atoms with Crippen molar-refractivity contribution in [1.29, 1.82) is 0 Å². The molecule has 2 N–H and O–H groups in total. The summed E-state index contributed by atoms with van der Waals surface area (Å²) in [5.74, 6) is 0.606. The second-order valence-corrected chi connectivity index (χ2v) is 5.70. The molecule has 0 spiro atoms. The highest BCUT2D eigenvalue weighted by molar-refractivity contribution is 7.84. The molecule has 3 heteroatoms. The van der Waals surface area contributed by atoms with Crippen molar-refractivity contribution in [3.05, 3.63) is 29.3 Å². The van der Waals surface area contributed by atoms with Crippen LogP contribution in [0.1, 0.15) is 25.0 Å². The lowest BCUT2D eigenvalue weighted by molar-refractivity contribution is 0.676. The summed E-state index contributed by atoms with van der Waals surface area (Å²) >= 11 is 0. The van der Waals surface area contributed by atoms with Crippen LogP contribution >= 0.6 is 0 Å². The fourth-order valence-electron chi connectivity index (χ4n) is 1.18. The third kappa shape index (κ3) is 2.58. The number of benzene rings is 1. The first kappa shape index (κ1) is 11.2. The van der Waals surface area contributed by atoms with Crippen LogP contribution < -0.4 is 5.73 Å². The molecule has 0 bridgehead atoms. The highest BCUT2D eigenvalue weighted by atomic mass is 32.2. The van der Waals surface area contributed by atoms with Crippen molar-refractivity contribution in [3.63, 3.8) is 0 Å². The molecule has 1 rings (SSSR count). The summed E-state index contributed by atoms with van der Waals surface area (Å²) in [4.78, 5) is 0. The van der Waals surface area contributed by atoms with Crippen LogP contribution in [0.5, 0.6) is 0 Å². The van der Waals surface area contributed by atoms with Gasteiger partial charge < -0.3 is 5.73 Å². The van der Waals surface area contributed by atoms with Crippen LogP contribution in [0.2, 0.25) is 0 Å². The molecule has 0 aromatic heterocycles. The average Bonchev–Trinajstić information content (AvgIpc) is 2.12. The van der Waals surface area contributed by atoms with Crippen LogP contribution in [0.4, 0.5) is 5.69 Å². The third-order valence-electron chi connectivity index (χ3n) is 2.31. The van der Waals surface area contributed by atoms with Crippen molar-refractivity contribution < 1.29 is 4.21 Å². The maximum atomic E-state index is 11.6. The van der Waals surface area contributed by atoms with Gasteiger partial charge in [-0.3, -0.25) is 4.21 Å². The summed E-state index contributed by atoms with van der Waals surface area (Å²) < 4.78 is 11.6. The Bertz CT molecular complexity index is 347. The molecular formula is C11H17NOS. The van der Waals surface area contributed by atoms with Gasteiger partial charge in [0.2, 0.25) is 0 Å². The van der Waals surface area contributed by atoms with Crippen LogP contribution in [0, 0.1) is 6.92 Å². The molecule has 0 aliphatic rings. The van der Waals surface area contributed by atoms with Crippen LogP contribution in [0.3, 0.4) is 0 Å². The molecule has 0 aliphatic carbocycles. The molecule has 0 fully saturated rings. The van der Waals surface area contributed by atoms with Gasteiger partial charge in [0.15, 0.2) is 0 Å². The Kier molecular flexibility index (Phi) is 3.69. The largest absolute Gasteiger partial charge is 0.399 e. The Hall–Kier alpha value is -0.830. The topological polar surface area (TPSA) is 43.1 Å². The van der Waals surface area contributed by atoms with E-state index in [4.69, 9.17) is 5.73 Å². The number of hydrogen-bond acceptors (Lipinski definition) is 2. The van der Waals surface area contributed by atoms with Crippen molar-refractivity contribution in [2.75, 3.05) is 5.73 Å². The van der Waals surface area contributed by atoms with Gasteiger partial charge in [-0.2, -0.15) is 0 Å². The number of rotatable bonds is 3. The molecule has 0 radical (unpaired) electrons.